The normalized spacial score (nSPS) is 14.5. The van der Waals surface area contributed by atoms with Gasteiger partial charge in [-0.05, 0) is 24.1 Å². The summed E-state index contributed by atoms with van der Waals surface area (Å²) in [5, 5.41) is 14.2. The first-order valence-electron chi connectivity index (χ1n) is 11.1. The number of anilines is 1. The number of piperazine rings is 1. The van der Waals surface area contributed by atoms with Crippen molar-refractivity contribution in [1.29, 1.82) is 0 Å². The van der Waals surface area contributed by atoms with Crippen LogP contribution >= 0.6 is 0 Å². The van der Waals surface area contributed by atoms with Crippen molar-refractivity contribution in [2.24, 2.45) is 5.92 Å². The molecule has 1 saturated heterocycles. The summed E-state index contributed by atoms with van der Waals surface area (Å²) >= 11 is 0. The number of nitro groups is 1. The van der Waals surface area contributed by atoms with Crippen LogP contribution in [0.1, 0.15) is 24.2 Å². The number of nitrogens with one attached hydrogen (secondary N) is 1. The van der Waals surface area contributed by atoms with Gasteiger partial charge >= 0.3 is 0 Å². The van der Waals surface area contributed by atoms with E-state index in [1.54, 1.807) is 41.3 Å². The van der Waals surface area contributed by atoms with Crippen molar-refractivity contribution in [1.82, 2.24) is 10.2 Å². The van der Waals surface area contributed by atoms with E-state index >= 15 is 0 Å². The van der Waals surface area contributed by atoms with E-state index in [9.17, 15) is 19.7 Å². The van der Waals surface area contributed by atoms with Crippen LogP contribution in [-0.2, 0) is 4.79 Å². The molecule has 0 spiro atoms. The second-order valence-corrected chi connectivity index (χ2v) is 8.35. The molecule has 1 N–H and O–H groups in total. The second kappa shape index (κ2) is 10.9. The zero-order valence-corrected chi connectivity index (χ0v) is 19.8. The minimum absolute atomic E-state index is 0.0447. The molecule has 0 aliphatic carbocycles. The minimum atomic E-state index is -0.720. The van der Waals surface area contributed by atoms with Crippen molar-refractivity contribution in [3.05, 3.63) is 58.1 Å². The van der Waals surface area contributed by atoms with E-state index in [0.29, 0.717) is 48.9 Å². The van der Waals surface area contributed by atoms with Crippen LogP contribution in [0.4, 0.5) is 11.4 Å². The zero-order chi connectivity index (χ0) is 24.8. The second-order valence-electron chi connectivity index (χ2n) is 8.35. The van der Waals surface area contributed by atoms with Crippen molar-refractivity contribution in [3.8, 4) is 11.5 Å². The Balaban J connectivity index is 1.69. The molecule has 10 nitrogen and oxygen atoms in total. The molecular formula is C24H30N4O6. The van der Waals surface area contributed by atoms with Gasteiger partial charge in [0.25, 0.3) is 11.6 Å². The van der Waals surface area contributed by atoms with Crippen molar-refractivity contribution >= 4 is 23.2 Å². The number of hydrogen-bond donors (Lipinski definition) is 1. The van der Waals surface area contributed by atoms with Gasteiger partial charge in [0.1, 0.15) is 23.2 Å². The summed E-state index contributed by atoms with van der Waals surface area (Å²) in [6.07, 6.45) is 0. The van der Waals surface area contributed by atoms with Crippen LogP contribution in [0.25, 0.3) is 0 Å². The SMILES string of the molecule is COc1cc(OC)cc(C(=O)N[C@H](C(=O)N2CCN(c3ccccc3[N+](=O)[O-])CC2)C(C)C)c1. The third-order valence-corrected chi connectivity index (χ3v) is 5.84. The highest BCUT2D eigenvalue weighted by Gasteiger charge is 2.32. The predicted octanol–water partition coefficient (Wildman–Crippen LogP) is 2.72. The van der Waals surface area contributed by atoms with E-state index in [1.165, 1.54) is 20.3 Å². The Bertz CT molecular complexity index is 1030. The van der Waals surface area contributed by atoms with Crippen molar-refractivity contribution in [2.75, 3.05) is 45.3 Å². The fourth-order valence-corrected chi connectivity index (χ4v) is 3.93. The van der Waals surface area contributed by atoms with Gasteiger partial charge in [-0.1, -0.05) is 26.0 Å². The van der Waals surface area contributed by atoms with E-state index in [0.717, 1.165) is 0 Å². The monoisotopic (exact) mass is 470 g/mol. The maximum Gasteiger partial charge on any atom is 0.292 e. The summed E-state index contributed by atoms with van der Waals surface area (Å²) < 4.78 is 10.5. The van der Waals surface area contributed by atoms with Gasteiger partial charge in [-0.3, -0.25) is 19.7 Å². The number of carbonyl (C=O) groups excluding carboxylic acids is 2. The summed E-state index contributed by atoms with van der Waals surface area (Å²) in [7, 11) is 3.00. The van der Waals surface area contributed by atoms with Gasteiger partial charge in [-0.25, -0.2) is 0 Å². The van der Waals surface area contributed by atoms with E-state index in [1.807, 2.05) is 18.7 Å². The average molecular weight is 471 g/mol. The molecule has 3 rings (SSSR count). The Morgan fingerprint density at radius 1 is 1.00 bits per heavy atom. The summed E-state index contributed by atoms with van der Waals surface area (Å²) in [5.74, 6) is 0.228. The molecule has 182 valence electrons. The standard InChI is InChI=1S/C24H30N4O6/c1-16(2)22(25-23(29)17-13-18(33-3)15-19(14-17)34-4)24(30)27-11-9-26(10-12-27)20-7-5-6-8-21(20)28(31)32/h5-8,13-16,22H,9-12H2,1-4H3,(H,25,29)/t22-/m0/s1. The molecule has 0 unspecified atom stereocenters. The Labute approximate surface area is 198 Å². The average Bonchev–Trinajstić information content (AvgIpc) is 2.86. The minimum Gasteiger partial charge on any atom is -0.497 e. The molecule has 1 heterocycles. The lowest BCUT2D eigenvalue weighted by Gasteiger charge is -2.38. The van der Waals surface area contributed by atoms with E-state index in [4.69, 9.17) is 9.47 Å². The number of rotatable bonds is 8. The van der Waals surface area contributed by atoms with Crippen molar-refractivity contribution in [3.63, 3.8) is 0 Å². The summed E-state index contributed by atoms with van der Waals surface area (Å²) in [5.41, 5.74) is 0.916. The lowest BCUT2D eigenvalue weighted by molar-refractivity contribution is -0.384. The fraction of sp³-hybridized carbons (Fsp3) is 0.417. The first kappa shape index (κ1) is 24.8. The van der Waals surface area contributed by atoms with Crippen LogP contribution < -0.4 is 19.7 Å². The van der Waals surface area contributed by atoms with E-state index in [-0.39, 0.29) is 17.5 Å². The first-order valence-corrected chi connectivity index (χ1v) is 11.1. The predicted molar refractivity (Wildman–Crippen MR) is 128 cm³/mol. The number of hydrogen-bond acceptors (Lipinski definition) is 7. The van der Waals surface area contributed by atoms with Gasteiger partial charge in [-0.15, -0.1) is 0 Å². The van der Waals surface area contributed by atoms with Crippen molar-refractivity contribution < 1.29 is 24.0 Å². The first-order chi connectivity index (χ1) is 16.2. The number of carbonyl (C=O) groups is 2. The molecular weight excluding hydrogens is 440 g/mol. The number of methoxy groups -OCH3 is 2. The number of amides is 2. The fourth-order valence-electron chi connectivity index (χ4n) is 3.93. The van der Waals surface area contributed by atoms with Crippen LogP contribution in [0.15, 0.2) is 42.5 Å². The Hall–Kier alpha value is -3.82. The highest BCUT2D eigenvalue weighted by molar-refractivity contribution is 5.98. The molecule has 1 aliphatic rings. The lowest BCUT2D eigenvalue weighted by atomic mass is 10.0. The van der Waals surface area contributed by atoms with Crippen LogP contribution in [0, 0.1) is 16.0 Å². The van der Waals surface area contributed by atoms with Crippen LogP contribution in [0.5, 0.6) is 11.5 Å². The molecule has 10 heteroatoms. The Kier molecular flexibility index (Phi) is 7.93. The summed E-state index contributed by atoms with van der Waals surface area (Å²) in [6.45, 7) is 5.47. The van der Waals surface area contributed by atoms with Gasteiger partial charge in [0, 0.05) is 43.9 Å². The zero-order valence-electron chi connectivity index (χ0n) is 19.8. The lowest BCUT2D eigenvalue weighted by Crippen LogP contribution is -2.56. The van der Waals surface area contributed by atoms with Gasteiger partial charge < -0.3 is 24.6 Å². The number of nitro benzene ring substituents is 1. The molecule has 2 aromatic carbocycles. The van der Waals surface area contributed by atoms with Gasteiger partial charge in [-0.2, -0.15) is 0 Å². The maximum atomic E-state index is 13.3. The molecule has 2 aromatic rings. The quantitative estimate of drug-likeness (QED) is 0.466. The number of para-hydroxylation sites is 2. The molecule has 0 radical (unpaired) electrons. The Morgan fingerprint density at radius 2 is 1.59 bits per heavy atom. The molecule has 1 atom stereocenters. The highest BCUT2D eigenvalue weighted by Crippen LogP contribution is 2.28. The molecule has 0 aromatic heterocycles. The summed E-state index contributed by atoms with van der Waals surface area (Å²) in [4.78, 5) is 40.8. The third-order valence-electron chi connectivity index (χ3n) is 5.84. The highest BCUT2D eigenvalue weighted by atomic mass is 16.6. The van der Waals surface area contributed by atoms with E-state index in [2.05, 4.69) is 5.32 Å². The van der Waals surface area contributed by atoms with Crippen molar-refractivity contribution in [2.45, 2.75) is 19.9 Å². The molecule has 0 bridgehead atoms. The molecule has 1 aliphatic heterocycles. The largest absolute Gasteiger partial charge is 0.497 e. The molecule has 34 heavy (non-hydrogen) atoms. The maximum absolute atomic E-state index is 13.3. The smallest absolute Gasteiger partial charge is 0.292 e. The topological polar surface area (TPSA) is 114 Å². The third kappa shape index (κ3) is 5.56. The Morgan fingerprint density at radius 3 is 2.12 bits per heavy atom. The van der Waals surface area contributed by atoms with Crippen LogP contribution in [0.3, 0.4) is 0 Å². The number of ether oxygens (including phenoxy) is 2. The van der Waals surface area contributed by atoms with Gasteiger partial charge in [0.05, 0.1) is 19.1 Å². The van der Waals surface area contributed by atoms with Gasteiger partial charge in [0.2, 0.25) is 5.91 Å². The number of benzene rings is 2. The van der Waals surface area contributed by atoms with Crippen LogP contribution in [0.2, 0.25) is 0 Å². The van der Waals surface area contributed by atoms with Gasteiger partial charge in [0.15, 0.2) is 0 Å². The molecule has 2 amide bonds. The van der Waals surface area contributed by atoms with Crippen LogP contribution in [-0.4, -0.2) is 68.1 Å². The number of nitrogens with zero attached hydrogens (tertiary/aromatic N) is 3. The van der Waals surface area contributed by atoms with E-state index < -0.39 is 16.9 Å². The molecule has 0 saturated carbocycles. The molecule has 1 fully saturated rings. The summed E-state index contributed by atoms with van der Waals surface area (Å²) in [6, 6.07) is 10.7.